The summed E-state index contributed by atoms with van der Waals surface area (Å²) in [5, 5.41) is 0. The molecule has 0 radical (unpaired) electrons. The summed E-state index contributed by atoms with van der Waals surface area (Å²) < 4.78 is 22.9. The Morgan fingerprint density at radius 1 is 1.16 bits per heavy atom. The lowest BCUT2D eigenvalue weighted by Gasteiger charge is -2.13. The van der Waals surface area contributed by atoms with Crippen LogP contribution >= 0.6 is 0 Å². The van der Waals surface area contributed by atoms with Gasteiger partial charge in [0, 0.05) is 19.4 Å². The largest absolute Gasteiger partial charge is 0.493 e. The van der Waals surface area contributed by atoms with E-state index >= 15 is 0 Å². The molecule has 0 aliphatic rings. The van der Waals surface area contributed by atoms with Crippen LogP contribution in [-0.4, -0.2) is 43.5 Å². The second-order valence-electron chi connectivity index (χ2n) is 5.10. The third kappa shape index (κ3) is 3.93. The van der Waals surface area contributed by atoms with E-state index in [1.807, 2.05) is 7.05 Å². The second-order valence-corrected chi connectivity index (χ2v) is 5.10. The molecule has 7 heteroatoms. The lowest BCUT2D eigenvalue weighted by Crippen LogP contribution is -2.10. The molecule has 1 heterocycles. The van der Waals surface area contributed by atoms with E-state index in [4.69, 9.17) is 18.9 Å². The van der Waals surface area contributed by atoms with Gasteiger partial charge in [-0.2, -0.15) is 0 Å². The molecular formula is C18H22N2O5. The van der Waals surface area contributed by atoms with Gasteiger partial charge in [0.25, 0.3) is 0 Å². The summed E-state index contributed by atoms with van der Waals surface area (Å²) in [6.07, 6.45) is 5.07. The van der Waals surface area contributed by atoms with Crippen LogP contribution in [0.1, 0.15) is 18.3 Å². The predicted octanol–water partition coefficient (Wildman–Crippen LogP) is 2.55. The summed E-state index contributed by atoms with van der Waals surface area (Å²) in [6, 6.07) is 3.51. The monoisotopic (exact) mass is 346 g/mol. The Morgan fingerprint density at radius 3 is 2.24 bits per heavy atom. The van der Waals surface area contributed by atoms with Crippen molar-refractivity contribution in [1.29, 1.82) is 0 Å². The van der Waals surface area contributed by atoms with Crippen molar-refractivity contribution in [2.75, 3.05) is 27.9 Å². The van der Waals surface area contributed by atoms with Crippen LogP contribution in [0.15, 0.2) is 24.5 Å². The van der Waals surface area contributed by atoms with Crippen LogP contribution in [0.4, 0.5) is 0 Å². The number of imidazole rings is 1. The van der Waals surface area contributed by atoms with Crippen molar-refractivity contribution < 1.29 is 23.7 Å². The van der Waals surface area contributed by atoms with E-state index in [-0.39, 0.29) is 6.61 Å². The molecule has 2 rings (SSSR count). The Bertz CT molecular complexity index is 755. The fourth-order valence-corrected chi connectivity index (χ4v) is 2.40. The Morgan fingerprint density at radius 2 is 1.80 bits per heavy atom. The van der Waals surface area contributed by atoms with E-state index in [2.05, 4.69) is 4.98 Å². The Kier molecular flexibility index (Phi) is 6.05. The summed E-state index contributed by atoms with van der Waals surface area (Å²) >= 11 is 0. The number of hydrogen-bond donors (Lipinski definition) is 0. The molecule has 0 aliphatic carbocycles. The number of esters is 1. The predicted molar refractivity (Wildman–Crippen MR) is 93.8 cm³/mol. The van der Waals surface area contributed by atoms with Gasteiger partial charge in [0.1, 0.15) is 11.4 Å². The fourth-order valence-electron chi connectivity index (χ4n) is 2.40. The number of carbonyl (C=O) groups is 1. The number of rotatable bonds is 7. The number of aromatic nitrogens is 2. The molecule has 7 nitrogen and oxygen atoms in total. The molecule has 134 valence electrons. The number of nitrogens with zero attached hydrogens (tertiary/aromatic N) is 2. The van der Waals surface area contributed by atoms with Gasteiger partial charge in [-0.3, -0.25) is 0 Å². The van der Waals surface area contributed by atoms with E-state index < -0.39 is 5.97 Å². The molecule has 0 bridgehead atoms. The summed E-state index contributed by atoms with van der Waals surface area (Å²) in [4.78, 5) is 16.6. The molecule has 0 fully saturated rings. The average molecular weight is 346 g/mol. The molecule has 2 aromatic rings. The third-order valence-corrected chi connectivity index (χ3v) is 3.56. The standard InChI is InChI=1S/C18H22N2O5/c1-6-25-18(21)13(17-19-7-8-20(17)2)9-12-10-14(22-3)16(24-5)15(11-12)23-4/h7-11H,6H2,1-5H3/b13-9-. The van der Waals surface area contributed by atoms with Crippen molar-refractivity contribution in [1.82, 2.24) is 9.55 Å². The van der Waals surface area contributed by atoms with Gasteiger partial charge in [0.2, 0.25) is 5.75 Å². The Hall–Kier alpha value is -2.96. The summed E-state index contributed by atoms with van der Waals surface area (Å²) in [6.45, 7) is 2.03. The molecule has 0 amide bonds. The van der Waals surface area contributed by atoms with Gasteiger partial charge in [-0.05, 0) is 30.7 Å². The van der Waals surface area contributed by atoms with Gasteiger partial charge in [0.15, 0.2) is 11.5 Å². The fraction of sp³-hybridized carbons (Fsp3) is 0.333. The van der Waals surface area contributed by atoms with Crippen molar-refractivity contribution in [2.45, 2.75) is 6.92 Å². The van der Waals surface area contributed by atoms with E-state index in [0.717, 1.165) is 0 Å². The number of hydrogen-bond acceptors (Lipinski definition) is 6. The summed E-state index contributed by atoms with van der Waals surface area (Å²) in [7, 11) is 6.42. The van der Waals surface area contributed by atoms with Gasteiger partial charge in [0.05, 0.1) is 27.9 Å². The SMILES string of the molecule is CCOC(=O)/C(=C\c1cc(OC)c(OC)c(OC)c1)c1nccn1C. The van der Waals surface area contributed by atoms with E-state index in [1.165, 1.54) is 21.3 Å². The van der Waals surface area contributed by atoms with Gasteiger partial charge in [-0.1, -0.05) is 0 Å². The number of methoxy groups -OCH3 is 3. The van der Waals surface area contributed by atoms with Crippen LogP contribution in [0.5, 0.6) is 17.2 Å². The molecule has 0 saturated heterocycles. The highest BCUT2D eigenvalue weighted by atomic mass is 16.5. The lowest BCUT2D eigenvalue weighted by atomic mass is 10.1. The molecular weight excluding hydrogens is 324 g/mol. The molecule has 1 aromatic carbocycles. The summed E-state index contributed by atoms with van der Waals surface area (Å²) in [5.41, 5.74) is 1.03. The Balaban J connectivity index is 2.59. The van der Waals surface area contributed by atoms with Gasteiger partial charge < -0.3 is 23.5 Å². The van der Waals surface area contributed by atoms with Crippen molar-refractivity contribution in [3.05, 3.63) is 35.9 Å². The zero-order valence-electron chi connectivity index (χ0n) is 15.0. The molecule has 25 heavy (non-hydrogen) atoms. The number of carbonyl (C=O) groups excluding carboxylic acids is 1. The van der Waals surface area contributed by atoms with E-state index in [0.29, 0.717) is 34.2 Å². The lowest BCUT2D eigenvalue weighted by molar-refractivity contribution is -0.136. The molecule has 0 N–H and O–H groups in total. The number of benzene rings is 1. The molecule has 0 saturated carbocycles. The maximum atomic E-state index is 12.4. The first-order valence-electron chi connectivity index (χ1n) is 7.72. The van der Waals surface area contributed by atoms with Crippen molar-refractivity contribution in [3.8, 4) is 17.2 Å². The molecule has 0 spiro atoms. The van der Waals surface area contributed by atoms with Crippen LogP contribution in [0.25, 0.3) is 11.6 Å². The third-order valence-electron chi connectivity index (χ3n) is 3.56. The van der Waals surface area contributed by atoms with Crippen molar-refractivity contribution >= 4 is 17.6 Å². The minimum absolute atomic E-state index is 0.274. The van der Waals surface area contributed by atoms with Gasteiger partial charge in [-0.25, -0.2) is 9.78 Å². The molecule has 0 aliphatic heterocycles. The topological polar surface area (TPSA) is 71.8 Å². The minimum Gasteiger partial charge on any atom is -0.493 e. The van der Waals surface area contributed by atoms with Gasteiger partial charge >= 0.3 is 5.97 Å². The summed E-state index contributed by atoms with van der Waals surface area (Å²) in [5.74, 6) is 1.53. The highest BCUT2D eigenvalue weighted by Gasteiger charge is 2.19. The van der Waals surface area contributed by atoms with Crippen molar-refractivity contribution in [2.24, 2.45) is 7.05 Å². The highest BCUT2D eigenvalue weighted by molar-refractivity contribution is 6.20. The first kappa shape index (κ1) is 18.4. The maximum absolute atomic E-state index is 12.4. The quantitative estimate of drug-likeness (QED) is 0.567. The Labute approximate surface area is 146 Å². The maximum Gasteiger partial charge on any atom is 0.341 e. The van der Waals surface area contributed by atoms with Crippen LogP contribution in [0.2, 0.25) is 0 Å². The van der Waals surface area contributed by atoms with Gasteiger partial charge in [-0.15, -0.1) is 0 Å². The van der Waals surface area contributed by atoms with E-state index in [9.17, 15) is 4.79 Å². The molecule has 0 unspecified atom stereocenters. The normalized spacial score (nSPS) is 11.2. The second kappa shape index (κ2) is 8.23. The van der Waals surface area contributed by atoms with Crippen LogP contribution in [0, 0.1) is 0 Å². The molecule has 1 aromatic heterocycles. The zero-order valence-corrected chi connectivity index (χ0v) is 15.0. The highest BCUT2D eigenvalue weighted by Crippen LogP contribution is 2.39. The minimum atomic E-state index is -0.453. The first-order valence-corrected chi connectivity index (χ1v) is 7.72. The zero-order chi connectivity index (χ0) is 18.4. The van der Waals surface area contributed by atoms with Crippen LogP contribution in [-0.2, 0) is 16.6 Å². The van der Waals surface area contributed by atoms with E-state index in [1.54, 1.807) is 42.1 Å². The smallest absolute Gasteiger partial charge is 0.341 e. The molecule has 0 atom stereocenters. The number of ether oxygens (including phenoxy) is 4. The number of aryl methyl sites for hydroxylation is 1. The average Bonchev–Trinajstić information content (AvgIpc) is 3.04. The van der Waals surface area contributed by atoms with Crippen molar-refractivity contribution in [3.63, 3.8) is 0 Å². The van der Waals surface area contributed by atoms with Crippen LogP contribution in [0.3, 0.4) is 0 Å². The first-order chi connectivity index (χ1) is 12.0. The van der Waals surface area contributed by atoms with Crippen LogP contribution < -0.4 is 14.2 Å².